The van der Waals surface area contributed by atoms with Gasteiger partial charge < -0.3 is 20.3 Å². The molecule has 0 aromatic rings. The molecule has 0 bridgehead atoms. The van der Waals surface area contributed by atoms with Crippen LogP contribution in [0.15, 0.2) is 48.6 Å². The third kappa shape index (κ3) is 58.9. The minimum absolute atomic E-state index is 0.0205. The van der Waals surface area contributed by atoms with Gasteiger partial charge in [0.2, 0.25) is 5.91 Å². The van der Waals surface area contributed by atoms with Gasteiger partial charge in [0.1, 0.15) is 0 Å². The smallest absolute Gasteiger partial charge is 0.305 e. The highest BCUT2D eigenvalue weighted by Crippen LogP contribution is 2.17. The fourth-order valence-electron chi connectivity index (χ4n) is 9.90. The van der Waals surface area contributed by atoms with Crippen LogP contribution in [0.25, 0.3) is 0 Å². The van der Waals surface area contributed by atoms with Crippen molar-refractivity contribution in [2.45, 2.75) is 353 Å². The molecule has 0 rings (SSSR count). The molecule has 1 amide bonds. The highest BCUT2D eigenvalue weighted by atomic mass is 16.5. The van der Waals surface area contributed by atoms with Crippen molar-refractivity contribution in [3.05, 3.63) is 48.6 Å². The maximum atomic E-state index is 12.5. The lowest BCUT2D eigenvalue weighted by Gasteiger charge is -2.22. The van der Waals surface area contributed by atoms with Gasteiger partial charge in [-0.2, -0.15) is 0 Å². The van der Waals surface area contributed by atoms with E-state index in [-0.39, 0.29) is 18.5 Å². The first-order chi connectivity index (χ1) is 36.0. The molecule has 6 nitrogen and oxygen atoms in total. The van der Waals surface area contributed by atoms with Gasteiger partial charge >= 0.3 is 5.97 Å². The zero-order chi connectivity index (χ0) is 52.9. The number of hydrogen-bond acceptors (Lipinski definition) is 5. The number of ether oxygens (including phenoxy) is 1. The Morgan fingerprint density at radius 2 is 0.726 bits per heavy atom. The lowest BCUT2D eigenvalue weighted by molar-refractivity contribution is -0.143. The van der Waals surface area contributed by atoms with Crippen LogP contribution in [0.2, 0.25) is 0 Å². The van der Waals surface area contributed by atoms with Crippen molar-refractivity contribution in [2.75, 3.05) is 13.2 Å². The van der Waals surface area contributed by atoms with E-state index in [4.69, 9.17) is 4.74 Å². The largest absolute Gasteiger partial charge is 0.466 e. The Bertz CT molecular complexity index is 1230. The van der Waals surface area contributed by atoms with E-state index in [1.807, 2.05) is 0 Å². The number of allylic oxidation sites excluding steroid dienone is 8. The quantitative estimate of drug-likeness (QED) is 0.0244. The van der Waals surface area contributed by atoms with Gasteiger partial charge in [-0.15, -0.1) is 0 Å². The van der Waals surface area contributed by atoms with Crippen molar-refractivity contribution in [3.8, 4) is 0 Å². The fraction of sp³-hybridized carbons (Fsp3) is 0.851. The summed E-state index contributed by atoms with van der Waals surface area (Å²) in [6, 6.07) is -0.551. The highest BCUT2D eigenvalue weighted by molar-refractivity contribution is 5.76. The molecule has 0 aromatic heterocycles. The molecule has 0 radical (unpaired) electrons. The van der Waals surface area contributed by atoms with Crippen molar-refractivity contribution in [2.24, 2.45) is 0 Å². The zero-order valence-electron chi connectivity index (χ0n) is 48.9. The maximum Gasteiger partial charge on any atom is 0.305 e. The molecule has 0 aromatic carbocycles. The van der Waals surface area contributed by atoms with Crippen molar-refractivity contribution >= 4 is 11.9 Å². The van der Waals surface area contributed by atoms with Crippen LogP contribution in [-0.4, -0.2) is 47.4 Å². The van der Waals surface area contributed by atoms with Crippen LogP contribution in [0.4, 0.5) is 0 Å². The number of nitrogens with one attached hydrogen (secondary N) is 1. The Morgan fingerprint density at radius 1 is 0.397 bits per heavy atom. The van der Waals surface area contributed by atoms with E-state index < -0.39 is 12.1 Å². The molecular formula is C67H125NO5. The molecule has 6 heteroatoms. The first-order valence-corrected chi connectivity index (χ1v) is 32.4. The van der Waals surface area contributed by atoms with E-state index in [0.29, 0.717) is 25.9 Å². The monoisotopic (exact) mass is 1020 g/mol. The molecule has 2 unspecified atom stereocenters. The molecule has 0 saturated heterocycles. The number of carbonyl (C=O) groups is 2. The molecule has 0 fully saturated rings. The van der Waals surface area contributed by atoms with Gasteiger partial charge in [0.15, 0.2) is 0 Å². The Balaban J connectivity index is 3.48. The summed E-state index contributed by atoms with van der Waals surface area (Å²) in [6.45, 7) is 4.91. The minimum atomic E-state index is -0.673. The van der Waals surface area contributed by atoms with Gasteiger partial charge in [-0.3, -0.25) is 9.59 Å². The summed E-state index contributed by atoms with van der Waals surface area (Å²) in [6.07, 6.45) is 79.8. The summed E-state index contributed by atoms with van der Waals surface area (Å²) in [5, 5.41) is 23.4. The number of amides is 1. The van der Waals surface area contributed by atoms with Crippen molar-refractivity contribution in [3.63, 3.8) is 0 Å². The van der Waals surface area contributed by atoms with E-state index in [2.05, 4.69) is 67.8 Å². The first kappa shape index (κ1) is 70.8. The maximum absolute atomic E-state index is 12.5. The van der Waals surface area contributed by atoms with Gasteiger partial charge in [0.05, 0.1) is 25.4 Å². The number of unbranched alkanes of at least 4 members (excludes halogenated alkanes) is 42. The standard InChI is InChI=1S/C67H125NO5/c1-3-5-7-9-11-13-15-17-19-21-24-27-31-35-39-43-47-51-55-59-65(70)64(63-69)68-66(71)60-56-52-48-44-40-36-32-28-25-23-26-30-34-38-42-46-50-54-58-62-73-67(72)61-57-53-49-45-41-37-33-29-22-20-18-16-14-12-10-8-6-4-2/h14,16,20,22,30,34,38,42,64-65,69-70H,3-13,15,17-19,21,23-29,31-33,35-37,39-41,43-63H2,1-2H3,(H,68,71)/b16-14-,22-20-,34-30-,42-38-. The minimum Gasteiger partial charge on any atom is -0.466 e. The predicted octanol–water partition coefficient (Wildman–Crippen LogP) is 20.5. The SMILES string of the molecule is CCCCCC/C=C\C/C=C\CCCCCCCCCC(=O)OCCCCC/C=C\C=C/CCCCCCCCCCCCC(=O)NC(CO)C(O)CCCCCCCCCCCCCCCCCCCCC. The summed E-state index contributed by atoms with van der Waals surface area (Å²) in [5.74, 6) is -0.0634. The molecule has 0 aliphatic carbocycles. The molecular weight excluding hydrogens is 899 g/mol. The molecule has 3 N–H and O–H groups in total. The van der Waals surface area contributed by atoms with E-state index in [9.17, 15) is 19.8 Å². The number of rotatable bonds is 60. The second kappa shape index (κ2) is 62.4. The van der Waals surface area contributed by atoms with Crippen LogP contribution in [-0.2, 0) is 14.3 Å². The van der Waals surface area contributed by atoms with Crippen LogP contribution >= 0.6 is 0 Å². The second-order valence-electron chi connectivity index (χ2n) is 22.1. The van der Waals surface area contributed by atoms with E-state index >= 15 is 0 Å². The summed E-state index contributed by atoms with van der Waals surface area (Å²) < 4.78 is 5.47. The Labute approximate surface area is 455 Å². The van der Waals surface area contributed by atoms with Gasteiger partial charge in [-0.05, 0) is 89.9 Å². The number of aliphatic hydroxyl groups is 2. The Morgan fingerprint density at radius 3 is 1.14 bits per heavy atom. The fourth-order valence-corrected chi connectivity index (χ4v) is 9.90. The molecule has 428 valence electrons. The summed E-state index contributed by atoms with van der Waals surface area (Å²) in [4.78, 5) is 24.6. The van der Waals surface area contributed by atoms with Crippen LogP contribution < -0.4 is 5.32 Å². The molecule has 0 aliphatic heterocycles. The normalized spacial score (nSPS) is 12.9. The van der Waals surface area contributed by atoms with E-state index in [1.54, 1.807) is 0 Å². The van der Waals surface area contributed by atoms with Crippen molar-refractivity contribution in [1.82, 2.24) is 5.32 Å². The summed E-state index contributed by atoms with van der Waals surface area (Å²) in [7, 11) is 0. The average Bonchev–Trinajstić information content (AvgIpc) is 3.39. The lowest BCUT2D eigenvalue weighted by atomic mass is 10.0. The lowest BCUT2D eigenvalue weighted by Crippen LogP contribution is -2.45. The number of aliphatic hydroxyl groups excluding tert-OH is 2. The predicted molar refractivity (Wildman–Crippen MR) is 319 cm³/mol. The summed E-state index contributed by atoms with van der Waals surface area (Å²) in [5.41, 5.74) is 0. The first-order valence-electron chi connectivity index (χ1n) is 32.4. The third-order valence-electron chi connectivity index (χ3n) is 14.9. The van der Waals surface area contributed by atoms with E-state index in [0.717, 1.165) is 77.0 Å². The Kier molecular flexibility index (Phi) is 60.5. The number of hydrogen-bond donors (Lipinski definition) is 3. The zero-order valence-corrected chi connectivity index (χ0v) is 48.9. The van der Waals surface area contributed by atoms with Gasteiger partial charge in [0.25, 0.3) is 0 Å². The molecule has 2 atom stereocenters. The topological polar surface area (TPSA) is 95.9 Å². The van der Waals surface area contributed by atoms with Crippen LogP contribution in [0, 0.1) is 0 Å². The van der Waals surface area contributed by atoms with Gasteiger partial charge in [0, 0.05) is 12.8 Å². The van der Waals surface area contributed by atoms with E-state index in [1.165, 1.54) is 231 Å². The molecule has 0 heterocycles. The highest BCUT2D eigenvalue weighted by Gasteiger charge is 2.20. The molecule has 73 heavy (non-hydrogen) atoms. The van der Waals surface area contributed by atoms with Gasteiger partial charge in [-0.25, -0.2) is 0 Å². The van der Waals surface area contributed by atoms with Crippen LogP contribution in [0.1, 0.15) is 341 Å². The molecule has 0 spiro atoms. The van der Waals surface area contributed by atoms with Crippen LogP contribution in [0.5, 0.6) is 0 Å². The van der Waals surface area contributed by atoms with Gasteiger partial charge in [-0.1, -0.05) is 287 Å². The number of carbonyl (C=O) groups excluding carboxylic acids is 2. The number of esters is 1. The summed E-state index contributed by atoms with van der Waals surface area (Å²) >= 11 is 0. The molecule has 0 aliphatic rings. The van der Waals surface area contributed by atoms with Crippen LogP contribution in [0.3, 0.4) is 0 Å². The van der Waals surface area contributed by atoms with Crippen molar-refractivity contribution < 1.29 is 24.5 Å². The third-order valence-corrected chi connectivity index (χ3v) is 14.9. The van der Waals surface area contributed by atoms with Crippen molar-refractivity contribution in [1.29, 1.82) is 0 Å². The second-order valence-corrected chi connectivity index (χ2v) is 22.1. The average molecular weight is 1020 g/mol. The molecule has 0 saturated carbocycles. The Hall–Kier alpha value is -2.18.